The maximum absolute atomic E-state index is 12.2. The number of carbonyl (C=O) groups excluding carboxylic acids is 2. The highest BCUT2D eigenvalue weighted by atomic mass is 32.1. The predicted octanol–water partition coefficient (Wildman–Crippen LogP) is 4.76. The summed E-state index contributed by atoms with van der Waals surface area (Å²) in [6, 6.07) is 0. The van der Waals surface area contributed by atoms with E-state index in [1.807, 2.05) is 6.08 Å². The van der Waals surface area contributed by atoms with Gasteiger partial charge in [0.25, 0.3) is 0 Å². The minimum atomic E-state index is 0.0553. The van der Waals surface area contributed by atoms with Gasteiger partial charge in [0, 0.05) is 11.3 Å². The van der Waals surface area contributed by atoms with Crippen LogP contribution in [0.5, 0.6) is 0 Å². The fourth-order valence-corrected chi connectivity index (χ4v) is 7.45. The molecule has 4 rings (SSSR count). The molecule has 0 saturated heterocycles. The Morgan fingerprint density at radius 1 is 1.25 bits per heavy atom. The van der Waals surface area contributed by atoms with E-state index in [9.17, 15) is 9.59 Å². The first kappa shape index (κ1) is 16.6. The van der Waals surface area contributed by atoms with Crippen molar-refractivity contribution < 1.29 is 9.59 Å². The molecule has 130 valence electrons. The molecule has 3 fully saturated rings. The minimum Gasteiger partial charge on any atom is -0.290 e. The first-order valence-corrected chi connectivity index (χ1v) is 10.0. The highest BCUT2D eigenvalue weighted by Gasteiger charge is 2.60. The lowest BCUT2D eigenvalue weighted by Gasteiger charge is -2.57. The zero-order valence-electron chi connectivity index (χ0n) is 14.8. The van der Waals surface area contributed by atoms with Crippen molar-refractivity contribution in [1.29, 1.82) is 0 Å². The van der Waals surface area contributed by atoms with Gasteiger partial charge in [-0.3, -0.25) is 9.59 Å². The van der Waals surface area contributed by atoms with Crippen LogP contribution in [0.3, 0.4) is 0 Å². The summed E-state index contributed by atoms with van der Waals surface area (Å²) < 4.78 is 0. The summed E-state index contributed by atoms with van der Waals surface area (Å²) in [4.78, 5) is 24.0. The molecule has 3 saturated carbocycles. The van der Waals surface area contributed by atoms with Crippen molar-refractivity contribution in [3.8, 4) is 0 Å². The Hall–Kier alpha value is -0.830. The van der Waals surface area contributed by atoms with Crippen LogP contribution < -0.4 is 0 Å². The summed E-state index contributed by atoms with van der Waals surface area (Å²) in [6.07, 6.45) is 13.7. The average molecular weight is 345 g/mol. The number of allylic oxidation sites excluding steroid dienone is 4. The van der Waals surface area contributed by atoms with E-state index in [2.05, 4.69) is 32.6 Å². The molecule has 0 aliphatic heterocycles. The van der Waals surface area contributed by atoms with Crippen molar-refractivity contribution in [3.05, 3.63) is 23.8 Å². The predicted molar refractivity (Wildman–Crippen MR) is 98.7 cm³/mol. The molecule has 0 N–H and O–H groups in total. The lowest BCUT2D eigenvalue weighted by atomic mass is 9.47. The number of rotatable bonds is 2. The highest BCUT2D eigenvalue weighted by Crippen LogP contribution is 2.67. The Balaban J connectivity index is 1.70. The zero-order valence-corrected chi connectivity index (χ0v) is 15.6. The highest BCUT2D eigenvalue weighted by molar-refractivity contribution is 7.96. The van der Waals surface area contributed by atoms with Crippen LogP contribution in [-0.4, -0.2) is 10.9 Å². The van der Waals surface area contributed by atoms with Gasteiger partial charge in [0.1, 0.15) is 0 Å². The summed E-state index contributed by atoms with van der Waals surface area (Å²) in [6.45, 7) is 4.62. The molecular weight excluding hydrogens is 316 g/mol. The van der Waals surface area contributed by atoms with Crippen LogP contribution in [0.4, 0.5) is 0 Å². The van der Waals surface area contributed by atoms with Crippen LogP contribution in [0.2, 0.25) is 0 Å². The molecule has 0 radical (unpaired) electrons. The van der Waals surface area contributed by atoms with Crippen molar-refractivity contribution >= 4 is 23.5 Å². The van der Waals surface area contributed by atoms with Gasteiger partial charge >= 0.3 is 0 Å². The molecule has 2 nitrogen and oxygen atoms in total. The standard InChI is InChI=1S/C21H28O2S/c1-3-21-11-9-16-15(17(21)6-7-18(21)19(23)24)5-4-13-12-14(22)8-10-20(13,16)2/h8,10,12,15-18H,3-7,9,11H2,1-2H3,(H,23,24)/t15-,16+,17+,18?,20+,21+/m1/s1. The molecule has 4 aliphatic rings. The zero-order chi connectivity index (χ0) is 17.1. The summed E-state index contributed by atoms with van der Waals surface area (Å²) in [5.74, 6) is 2.29. The van der Waals surface area contributed by atoms with E-state index in [0.29, 0.717) is 17.8 Å². The Kier molecular flexibility index (Phi) is 3.87. The van der Waals surface area contributed by atoms with Crippen LogP contribution >= 0.6 is 12.6 Å². The van der Waals surface area contributed by atoms with E-state index < -0.39 is 0 Å². The van der Waals surface area contributed by atoms with Gasteiger partial charge in [0.2, 0.25) is 0 Å². The molecule has 6 atom stereocenters. The van der Waals surface area contributed by atoms with E-state index >= 15 is 0 Å². The fraction of sp³-hybridized carbons (Fsp3) is 0.714. The third-order valence-electron chi connectivity index (χ3n) is 8.23. The summed E-state index contributed by atoms with van der Waals surface area (Å²) in [7, 11) is 0. The Bertz CT molecular complexity index is 648. The molecule has 1 unspecified atom stereocenters. The summed E-state index contributed by atoms with van der Waals surface area (Å²) >= 11 is 4.24. The number of ketones is 1. The van der Waals surface area contributed by atoms with Crippen LogP contribution in [0.25, 0.3) is 0 Å². The maximum Gasteiger partial charge on any atom is 0.189 e. The lowest BCUT2D eigenvalue weighted by Crippen LogP contribution is -2.50. The van der Waals surface area contributed by atoms with Crippen LogP contribution in [0.15, 0.2) is 23.8 Å². The van der Waals surface area contributed by atoms with Crippen molar-refractivity contribution in [2.45, 2.75) is 58.8 Å². The fourth-order valence-electron chi connectivity index (χ4n) is 7.06. The van der Waals surface area contributed by atoms with Gasteiger partial charge in [0.15, 0.2) is 10.9 Å². The molecule has 0 bridgehead atoms. The van der Waals surface area contributed by atoms with Gasteiger partial charge in [-0.2, -0.15) is 0 Å². The Morgan fingerprint density at radius 2 is 2.04 bits per heavy atom. The van der Waals surface area contributed by atoms with Gasteiger partial charge in [-0.1, -0.05) is 25.5 Å². The quantitative estimate of drug-likeness (QED) is 0.733. The van der Waals surface area contributed by atoms with Crippen molar-refractivity contribution in [2.75, 3.05) is 0 Å². The van der Waals surface area contributed by atoms with Crippen molar-refractivity contribution in [1.82, 2.24) is 0 Å². The van der Waals surface area contributed by atoms with E-state index in [0.717, 1.165) is 25.7 Å². The van der Waals surface area contributed by atoms with E-state index in [1.54, 1.807) is 6.08 Å². The second kappa shape index (κ2) is 5.59. The molecule has 0 amide bonds. The smallest absolute Gasteiger partial charge is 0.189 e. The summed E-state index contributed by atoms with van der Waals surface area (Å²) in [5.41, 5.74) is 1.59. The summed E-state index contributed by atoms with van der Waals surface area (Å²) in [5, 5.41) is 0.114. The third kappa shape index (κ3) is 2.09. The second-order valence-corrected chi connectivity index (χ2v) is 9.14. The number of carbonyl (C=O) groups is 2. The van der Waals surface area contributed by atoms with E-state index in [4.69, 9.17) is 0 Å². The molecule has 0 aromatic rings. The van der Waals surface area contributed by atoms with Gasteiger partial charge in [-0.15, -0.1) is 12.6 Å². The average Bonchev–Trinajstić information content (AvgIpc) is 2.95. The molecular formula is C21H28O2S. The molecule has 0 spiro atoms. The molecule has 0 aromatic heterocycles. The van der Waals surface area contributed by atoms with E-state index in [1.165, 1.54) is 24.8 Å². The molecule has 4 aliphatic carbocycles. The van der Waals surface area contributed by atoms with Crippen molar-refractivity contribution in [2.24, 2.45) is 34.5 Å². The van der Waals surface area contributed by atoms with Gasteiger partial charge < -0.3 is 0 Å². The first-order chi connectivity index (χ1) is 11.4. The lowest BCUT2D eigenvalue weighted by molar-refractivity contribution is -0.122. The van der Waals surface area contributed by atoms with Crippen molar-refractivity contribution in [3.63, 3.8) is 0 Å². The normalized spacial score (nSPS) is 46.8. The Labute approximate surface area is 150 Å². The SMILES string of the molecule is CC[C@]12CC[C@H]3[C@@H](CCC4=CC(=O)C=C[C@@]43C)[C@@H]1CCC2C(=O)S. The first-order valence-electron chi connectivity index (χ1n) is 9.59. The minimum absolute atomic E-state index is 0.0553. The topological polar surface area (TPSA) is 34.1 Å². The monoisotopic (exact) mass is 344 g/mol. The van der Waals surface area contributed by atoms with Gasteiger partial charge in [0.05, 0.1) is 0 Å². The van der Waals surface area contributed by atoms with Crippen LogP contribution in [0, 0.1) is 34.5 Å². The Morgan fingerprint density at radius 3 is 2.75 bits per heavy atom. The second-order valence-electron chi connectivity index (χ2n) is 8.70. The number of hydrogen-bond acceptors (Lipinski definition) is 2. The molecule has 24 heavy (non-hydrogen) atoms. The van der Waals surface area contributed by atoms with Gasteiger partial charge in [-0.25, -0.2) is 0 Å². The van der Waals surface area contributed by atoms with E-state index in [-0.39, 0.29) is 27.6 Å². The molecule has 3 heteroatoms. The van der Waals surface area contributed by atoms with Crippen LogP contribution in [-0.2, 0) is 9.59 Å². The molecule has 0 heterocycles. The number of fused-ring (bicyclic) bond motifs is 5. The van der Waals surface area contributed by atoms with Gasteiger partial charge in [-0.05, 0) is 80.3 Å². The third-order valence-corrected chi connectivity index (χ3v) is 8.54. The van der Waals surface area contributed by atoms with Crippen LogP contribution in [0.1, 0.15) is 58.8 Å². The maximum atomic E-state index is 12.2. The number of hydrogen-bond donors (Lipinski definition) is 1. The largest absolute Gasteiger partial charge is 0.290 e. The number of thiol groups is 1. The molecule has 0 aromatic carbocycles.